The van der Waals surface area contributed by atoms with E-state index in [1.54, 1.807) is 6.07 Å². The van der Waals surface area contributed by atoms with Gasteiger partial charge in [0.1, 0.15) is 0 Å². The lowest BCUT2D eigenvalue weighted by atomic mass is 10.1. The number of nitrogens with one attached hydrogen (secondary N) is 1. The van der Waals surface area contributed by atoms with Gasteiger partial charge in [0.25, 0.3) is 0 Å². The van der Waals surface area contributed by atoms with Crippen molar-refractivity contribution >= 4 is 17.7 Å². The standard InChI is InChI=1S/C9H11N3O3/c1-5-2-7(11-10-5)12-4-6(9(14)15)3-8(12)13/h2,6H,3-4H2,1H3,(H,10,11)(H,14,15). The lowest BCUT2D eigenvalue weighted by Crippen LogP contribution is -2.26. The van der Waals surface area contributed by atoms with Gasteiger partial charge in [-0.05, 0) is 6.92 Å². The molecule has 1 unspecified atom stereocenters. The number of anilines is 1. The number of amides is 1. The minimum atomic E-state index is -0.932. The molecule has 0 aromatic carbocycles. The molecule has 1 saturated heterocycles. The molecule has 1 atom stereocenters. The number of carboxylic acid groups (broad SMARTS) is 1. The number of aromatic nitrogens is 2. The van der Waals surface area contributed by atoms with E-state index in [0.29, 0.717) is 5.82 Å². The Morgan fingerprint density at radius 1 is 1.73 bits per heavy atom. The first-order valence-corrected chi connectivity index (χ1v) is 4.63. The van der Waals surface area contributed by atoms with Crippen LogP contribution in [0.4, 0.5) is 5.82 Å². The summed E-state index contributed by atoms with van der Waals surface area (Å²) < 4.78 is 0. The van der Waals surface area contributed by atoms with E-state index in [1.165, 1.54) is 4.90 Å². The van der Waals surface area contributed by atoms with Gasteiger partial charge in [-0.3, -0.25) is 19.6 Å². The Balaban J connectivity index is 2.18. The number of carbonyl (C=O) groups is 2. The summed E-state index contributed by atoms with van der Waals surface area (Å²) in [6, 6.07) is 1.72. The first-order chi connectivity index (χ1) is 7.08. The fraction of sp³-hybridized carbons (Fsp3) is 0.444. The number of hydrogen-bond donors (Lipinski definition) is 2. The molecule has 1 aliphatic heterocycles. The Hall–Kier alpha value is -1.85. The molecule has 0 bridgehead atoms. The van der Waals surface area contributed by atoms with Crippen molar-refractivity contribution in [2.24, 2.45) is 5.92 Å². The monoisotopic (exact) mass is 209 g/mol. The van der Waals surface area contributed by atoms with Gasteiger partial charge in [0.15, 0.2) is 5.82 Å². The number of aryl methyl sites for hydroxylation is 1. The normalized spacial score (nSPS) is 21.0. The average molecular weight is 209 g/mol. The third-order valence-corrected chi connectivity index (χ3v) is 2.44. The molecule has 1 aliphatic rings. The summed E-state index contributed by atoms with van der Waals surface area (Å²) in [5.74, 6) is -1.23. The number of hydrogen-bond acceptors (Lipinski definition) is 3. The molecule has 15 heavy (non-hydrogen) atoms. The Morgan fingerprint density at radius 2 is 2.47 bits per heavy atom. The number of carboxylic acids is 1. The SMILES string of the molecule is Cc1cc(N2CC(C(=O)O)CC2=O)n[nH]1. The van der Waals surface area contributed by atoms with Crippen LogP contribution in [0.5, 0.6) is 0 Å². The van der Waals surface area contributed by atoms with Gasteiger partial charge < -0.3 is 5.11 Å². The van der Waals surface area contributed by atoms with Gasteiger partial charge in [-0.2, -0.15) is 5.10 Å². The van der Waals surface area contributed by atoms with Crippen LogP contribution in [-0.2, 0) is 9.59 Å². The summed E-state index contributed by atoms with van der Waals surface area (Å²) in [4.78, 5) is 23.6. The summed E-state index contributed by atoms with van der Waals surface area (Å²) in [6.07, 6.45) is 0.0568. The minimum Gasteiger partial charge on any atom is -0.481 e. The van der Waals surface area contributed by atoms with Crippen molar-refractivity contribution in [1.29, 1.82) is 0 Å². The Labute approximate surface area is 85.9 Å². The number of H-pyrrole nitrogens is 1. The van der Waals surface area contributed by atoms with Crippen LogP contribution in [0.25, 0.3) is 0 Å². The molecule has 2 rings (SSSR count). The van der Waals surface area contributed by atoms with Crippen LogP contribution in [0, 0.1) is 12.8 Å². The highest BCUT2D eigenvalue weighted by atomic mass is 16.4. The van der Waals surface area contributed by atoms with Crippen LogP contribution in [0.15, 0.2) is 6.07 Å². The molecular formula is C9H11N3O3. The zero-order valence-corrected chi connectivity index (χ0v) is 8.23. The largest absolute Gasteiger partial charge is 0.481 e. The zero-order chi connectivity index (χ0) is 11.0. The van der Waals surface area contributed by atoms with Gasteiger partial charge in [-0.1, -0.05) is 0 Å². The number of carbonyl (C=O) groups excluding carboxylic acids is 1. The van der Waals surface area contributed by atoms with Crippen LogP contribution < -0.4 is 4.90 Å². The Kier molecular flexibility index (Phi) is 2.18. The molecule has 0 radical (unpaired) electrons. The highest BCUT2D eigenvalue weighted by Gasteiger charge is 2.35. The van der Waals surface area contributed by atoms with Crippen molar-refractivity contribution in [1.82, 2.24) is 10.2 Å². The maximum Gasteiger partial charge on any atom is 0.308 e. The quantitative estimate of drug-likeness (QED) is 0.726. The number of aromatic amines is 1. The van der Waals surface area contributed by atoms with Crippen LogP contribution in [0.3, 0.4) is 0 Å². The number of nitrogens with zero attached hydrogens (tertiary/aromatic N) is 2. The molecule has 1 fully saturated rings. The van der Waals surface area contributed by atoms with Gasteiger partial charge >= 0.3 is 5.97 Å². The highest BCUT2D eigenvalue weighted by molar-refractivity contribution is 5.98. The molecule has 0 spiro atoms. The van der Waals surface area contributed by atoms with Gasteiger partial charge in [-0.15, -0.1) is 0 Å². The summed E-state index contributed by atoms with van der Waals surface area (Å²) in [7, 11) is 0. The van der Waals surface area contributed by atoms with Crippen LogP contribution >= 0.6 is 0 Å². The van der Waals surface area contributed by atoms with Crippen molar-refractivity contribution in [3.63, 3.8) is 0 Å². The van der Waals surface area contributed by atoms with Crippen molar-refractivity contribution in [2.75, 3.05) is 11.4 Å². The molecular weight excluding hydrogens is 198 g/mol. The summed E-state index contributed by atoms with van der Waals surface area (Å²) in [5.41, 5.74) is 0.844. The first kappa shape index (κ1) is 9.70. The summed E-state index contributed by atoms with van der Waals surface area (Å²) in [6.45, 7) is 2.03. The van der Waals surface area contributed by atoms with E-state index < -0.39 is 11.9 Å². The maximum absolute atomic E-state index is 11.5. The second-order valence-electron chi connectivity index (χ2n) is 3.65. The van der Waals surface area contributed by atoms with Gasteiger partial charge in [0.05, 0.1) is 5.92 Å². The van der Waals surface area contributed by atoms with E-state index in [4.69, 9.17) is 5.11 Å². The van der Waals surface area contributed by atoms with Crippen LogP contribution in [-0.4, -0.2) is 33.7 Å². The number of rotatable bonds is 2. The van der Waals surface area contributed by atoms with E-state index in [1.807, 2.05) is 6.92 Å². The molecule has 0 aliphatic carbocycles. The average Bonchev–Trinajstić information content (AvgIpc) is 2.71. The van der Waals surface area contributed by atoms with Crippen molar-refractivity contribution < 1.29 is 14.7 Å². The molecule has 6 nitrogen and oxygen atoms in total. The van der Waals surface area contributed by atoms with E-state index in [-0.39, 0.29) is 18.9 Å². The fourth-order valence-corrected chi connectivity index (χ4v) is 1.64. The van der Waals surface area contributed by atoms with Crippen LogP contribution in [0.2, 0.25) is 0 Å². The van der Waals surface area contributed by atoms with Crippen molar-refractivity contribution in [3.8, 4) is 0 Å². The lowest BCUT2D eigenvalue weighted by molar-refractivity contribution is -0.141. The van der Waals surface area contributed by atoms with Crippen LogP contribution in [0.1, 0.15) is 12.1 Å². The zero-order valence-electron chi connectivity index (χ0n) is 8.23. The fourth-order valence-electron chi connectivity index (χ4n) is 1.64. The van der Waals surface area contributed by atoms with Gasteiger partial charge in [0, 0.05) is 24.7 Å². The third kappa shape index (κ3) is 1.70. The maximum atomic E-state index is 11.5. The molecule has 2 heterocycles. The number of aliphatic carboxylic acids is 1. The molecule has 1 aromatic rings. The smallest absolute Gasteiger partial charge is 0.308 e. The van der Waals surface area contributed by atoms with E-state index >= 15 is 0 Å². The highest BCUT2D eigenvalue weighted by Crippen LogP contribution is 2.23. The topological polar surface area (TPSA) is 86.3 Å². The first-order valence-electron chi connectivity index (χ1n) is 4.63. The minimum absolute atomic E-state index is 0.0568. The predicted molar refractivity (Wildman–Crippen MR) is 51.4 cm³/mol. The molecule has 2 N–H and O–H groups in total. The lowest BCUT2D eigenvalue weighted by Gasteiger charge is -2.11. The molecule has 6 heteroatoms. The molecule has 1 aromatic heterocycles. The van der Waals surface area contributed by atoms with Gasteiger partial charge in [-0.25, -0.2) is 0 Å². The second-order valence-corrected chi connectivity index (χ2v) is 3.65. The van der Waals surface area contributed by atoms with E-state index in [0.717, 1.165) is 5.69 Å². The van der Waals surface area contributed by atoms with Crippen molar-refractivity contribution in [3.05, 3.63) is 11.8 Å². The summed E-state index contributed by atoms with van der Waals surface area (Å²) >= 11 is 0. The van der Waals surface area contributed by atoms with E-state index in [9.17, 15) is 9.59 Å². The Morgan fingerprint density at radius 3 is 2.93 bits per heavy atom. The van der Waals surface area contributed by atoms with E-state index in [2.05, 4.69) is 10.2 Å². The van der Waals surface area contributed by atoms with Gasteiger partial charge in [0.2, 0.25) is 5.91 Å². The molecule has 0 saturated carbocycles. The Bertz CT molecular complexity index is 412. The predicted octanol–water partition coefficient (Wildman–Crippen LogP) is 0.156. The third-order valence-electron chi connectivity index (χ3n) is 2.44. The molecule has 1 amide bonds. The van der Waals surface area contributed by atoms with Crippen molar-refractivity contribution in [2.45, 2.75) is 13.3 Å². The second kappa shape index (κ2) is 3.38. The summed E-state index contributed by atoms with van der Waals surface area (Å²) in [5, 5.41) is 15.4. The molecule has 80 valence electrons.